The highest BCUT2D eigenvalue weighted by Gasteiger charge is 2.14. The lowest BCUT2D eigenvalue weighted by molar-refractivity contribution is -0.115. The molecule has 1 heterocycles. The van der Waals surface area contributed by atoms with Gasteiger partial charge in [-0.3, -0.25) is 4.79 Å². The minimum Gasteiger partial charge on any atom is -0.441 e. The molecule has 0 fully saturated rings. The number of amides is 1. The molecule has 0 saturated heterocycles. The Morgan fingerprint density at radius 3 is 2.04 bits per heavy atom. The zero-order valence-corrected chi connectivity index (χ0v) is 15.6. The summed E-state index contributed by atoms with van der Waals surface area (Å²) < 4.78 is 5.73. The summed E-state index contributed by atoms with van der Waals surface area (Å²) in [4.78, 5) is 16.9. The SMILES string of the molecule is Cc1oc(-c2ccccc2)nc1CC(=O)Nc1ccc(-c2ccccc2)cc1. The maximum atomic E-state index is 12.4. The summed E-state index contributed by atoms with van der Waals surface area (Å²) in [6.07, 6.45) is 0.169. The van der Waals surface area contributed by atoms with Crippen LogP contribution in [0.2, 0.25) is 0 Å². The van der Waals surface area contributed by atoms with E-state index in [-0.39, 0.29) is 12.3 Å². The summed E-state index contributed by atoms with van der Waals surface area (Å²) in [5.74, 6) is 1.07. The number of hydrogen-bond donors (Lipinski definition) is 1. The lowest BCUT2D eigenvalue weighted by atomic mass is 10.1. The van der Waals surface area contributed by atoms with Crippen molar-refractivity contribution in [1.82, 2.24) is 4.98 Å². The van der Waals surface area contributed by atoms with E-state index in [1.807, 2.05) is 79.7 Å². The molecule has 0 saturated carbocycles. The van der Waals surface area contributed by atoms with Crippen molar-refractivity contribution < 1.29 is 9.21 Å². The van der Waals surface area contributed by atoms with Crippen molar-refractivity contribution in [3.63, 3.8) is 0 Å². The number of oxazole rings is 1. The van der Waals surface area contributed by atoms with E-state index in [2.05, 4.69) is 22.4 Å². The second-order valence-electron chi connectivity index (χ2n) is 6.56. The van der Waals surface area contributed by atoms with Crippen LogP contribution in [0.25, 0.3) is 22.6 Å². The highest BCUT2D eigenvalue weighted by atomic mass is 16.4. The number of anilines is 1. The first kappa shape index (κ1) is 17.7. The molecule has 0 aliphatic carbocycles. The molecular weight excluding hydrogens is 348 g/mol. The van der Waals surface area contributed by atoms with Crippen LogP contribution in [-0.4, -0.2) is 10.9 Å². The number of carbonyl (C=O) groups is 1. The average Bonchev–Trinajstić information content (AvgIpc) is 3.10. The largest absolute Gasteiger partial charge is 0.441 e. The van der Waals surface area contributed by atoms with Gasteiger partial charge in [-0.25, -0.2) is 4.98 Å². The highest BCUT2D eigenvalue weighted by molar-refractivity contribution is 5.92. The van der Waals surface area contributed by atoms with E-state index >= 15 is 0 Å². The van der Waals surface area contributed by atoms with Gasteiger partial charge in [0.15, 0.2) is 0 Å². The van der Waals surface area contributed by atoms with Crippen LogP contribution in [-0.2, 0) is 11.2 Å². The Labute approximate surface area is 163 Å². The van der Waals surface area contributed by atoms with Crippen molar-refractivity contribution in [2.75, 3.05) is 5.32 Å². The molecule has 138 valence electrons. The quantitative estimate of drug-likeness (QED) is 0.506. The van der Waals surface area contributed by atoms with E-state index < -0.39 is 0 Å². The molecule has 4 heteroatoms. The van der Waals surface area contributed by atoms with Gasteiger partial charge in [-0.15, -0.1) is 0 Å². The second kappa shape index (κ2) is 7.92. The molecule has 0 bridgehead atoms. The Kier molecular flexibility index (Phi) is 5.02. The summed E-state index contributed by atoms with van der Waals surface area (Å²) in [7, 11) is 0. The fraction of sp³-hybridized carbons (Fsp3) is 0.0833. The molecular formula is C24H20N2O2. The van der Waals surface area contributed by atoms with Crippen LogP contribution in [0.1, 0.15) is 11.5 Å². The Morgan fingerprint density at radius 2 is 1.39 bits per heavy atom. The predicted octanol–water partition coefficient (Wildman–Crippen LogP) is 5.50. The third kappa shape index (κ3) is 4.01. The standard InChI is InChI=1S/C24H20N2O2/c1-17-22(26-24(28-17)20-10-6-3-7-11-20)16-23(27)25-21-14-12-19(13-15-21)18-8-4-2-5-9-18/h2-15H,16H2,1H3,(H,25,27). The van der Waals surface area contributed by atoms with Gasteiger partial charge >= 0.3 is 0 Å². The molecule has 0 unspecified atom stereocenters. The van der Waals surface area contributed by atoms with Crippen LogP contribution in [0.15, 0.2) is 89.3 Å². The van der Waals surface area contributed by atoms with Gasteiger partial charge in [-0.1, -0.05) is 60.7 Å². The number of aromatic nitrogens is 1. The van der Waals surface area contributed by atoms with E-state index in [0.717, 1.165) is 22.4 Å². The number of nitrogens with zero attached hydrogens (tertiary/aromatic N) is 1. The normalized spacial score (nSPS) is 10.6. The molecule has 4 nitrogen and oxygen atoms in total. The summed E-state index contributed by atoms with van der Waals surface area (Å²) in [6.45, 7) is 1.83. The molecule has 0 aliphatic rings. The van der Waals surface area contributed by atoms with Crippen molar-refractivity contribution in [1.29, 1.82) is 0 Å². The summed E-state index contributed by atoms with van der Waals surface area (Å²) in [5, 5.41) is 2.92. The highest BCUT2D eigenvalue weighted by Crippen LogP contribution is 2.23. The van der Waals surface area contributed by atoms with Crippen molar-refractivity contribution in [2.24, 2.45) is 0 Å². The minimum atomic E-state index is -0.122. The fourth-order valence-corrected chi connectivity index (χ4v) is 3.03. The Morgan fingerprint density at radius 1 is 0.821 bits per heavy atom. The van der Waals surface area contributed by atoms with Crippen LogP contribution in [0.5, 0.6) is 0 Å². The molecule has 4 aromatic rings. The maximum Gasteiger partial charge on any atom is 0.230 e. The minimum absolute atomic E-state index is 0.122. The topological polar surface area (TPSA) is 55.1 Å². The molecule has 0 spiro atoms. The summed E-state index contributed by atoms with van der Waals surface area (Å²) in [6, 6.07) is 27.6. The van der Waals surface area contributed by atoms with Crippen LogP contribution in [0.4, 0.5) is 5.69 Å². The molecule has 1 N–H and O–H groups in total. The summed E-state index contributed by atoms with van der Waals surface area (Å²) >= 11 is 0. The van der Waals surface area contributed by atoms with Crippen molar-refractivity contribution in [3.8, 4) is 22.6 Å². The third-order valence-corrected chi connectivity index (χ3v) is 4.52. The lowest BCUT2D eigenvalue weighted by Crippen LogP contribution is -2.15. The fourth-order valence-electron chi connectivity index (χ4n) is 3.03. The maximum absolute atomic E-state index is 12.4. The van der Waals surface area contributed by atoms with Crippen molar-refractivity contribution in [3.05, 3.63) is 96.4 Å². The van der Waals surface area contributed by atoms with Crippen molar-refractivity contribution >= 4 is 11.6 Å². The number of rotatable bonds is 5. The van der Waals surface area contributed by atoms with Gasteiger partial charge in [0.1, 0.15) is 5.76 Å². The van der Waals surface area contributed by atoms with Crippen molar-refractivity contribution in [2.45, 2.75) is 13.3 Å². The molecule has 1 aromatic heterocycles. The first-order valence-electron chi connectivity index (χ1n) is 9.16. The van der Waals surface area contributed by atoms with Crippen LogP contribution < -0.4 is 5.32 Å². The second-order valence-corrected chi connectivity index (χ2v) is 6.56. The van der Waals surface area contributed by atoms with Crippen LogP contribution in [0.3, 0.4) is 0 Å². The Bertz CT molecular complexity index is 1070. The van der Waals surface area contributed by atoms with Gasteiger partial charge in [-0.05, 0) is 42.3 Å². The number of nitrogens with one attached hydrogen (secondary N) is 1. The zero-order chi connectivity index (χ0) is 19.3. The summed E-state index contributed by atoms with van der Waals surface area (Å²) in [5.41, 5.74) is 4.56. The molecule has 0 aliphatic heterocycles. The van der Waals surface area contributed by atoms with Crippen LogP contribution >= 0.6 is 0 Å². The first-order valence-corrected chi connectivity index (χ1v) is 9.16. The van der Waals surface area contributed by atoms with Gasteiger partial charge < -0.3 is 9.73 Å². The van der Waals surface area contributed by atoms with E-state index in [0.29, 0.717) is 17.3 Å². The lowest BCUT2D eigenvalue weighted by Gasteiger charge is -2.06. The number of aryl methyl sites for hydroxylation is 1. The van der Waals surface area contributed by atoms with Gasteiger partial charge in [0.2, 0.25) is 11.8 Å². The van der Waals surface area contributed by atoms with E-state index in [1.165, 1.54) is 0 Å². The molecule has 1 amide bonds. The number of hydrogen-bond acceptors (Lipinski definition) is 3. The number of carbonyl (C=O) groups excluding carboxylic acids is 1. The third-order valence-electron chi connectivity index (χ3n) is 4.52. The predicted molar refractivity (Wildman–Crippen MR) is 111 cm³/mol. The van der Waals surface area contributed by atoms with Crippen LogP contribution in [0, 0.1) is 6.92 Å². The Hall–Kier alpha value is -3.66. The molecule has 3 aromatic carbocycles. The zero-order valence-electron chi connectivity index (χ0n) is 15.6. The smallest absolute Gasteiger partial charge is 0.230 e. The molecule has 4 rings (SSSR count). The van der Waals surface area contributed by atoms with Gasteiger partial charge in [0.25, 0.3) is 0 Å². The number of benzene rings is 3. The monoisotopic (exact) mass is 368 g/mol. The van der Waals surface area contributed by atoms with Gasteiger partial charge in [0, 0.05) is 11.3 Å². The van der Waals surface area contributed by atoms with Gasteiger partial charge in [-0.2, -0.15) is 0 Å². The molecule has 28 heavy (non-hydrogen) atoms. The molecule has 0 radical (unpaired) electrons. The van der Waals surface area contributed by atoms with E-state index in [4.69, 9.17) is 4.42 Å². The van der Waals surface area contributed by atoms with Gasteiger partial charge in [0.05, 0.1) is 12.1 Å². The molecule has 0 atom stereocenters. The average molecular weight is 368 g/mol. The van der Waals surface area contributed by atoms with E-state index in [1.54, 1.807) is 0 Å². The first-order chi connectivity index (χ1) is 13.7. The van der Waals surface area contributed by atoms with E-state index in [9.17, 15) is 4.79 Å². The Balaban J connectivity index is 1.43.